The van der Waals surface area contributed by atoms with E-state index in [2.05, 4.69) is 19.3 Å². The lowest BCUT2D eigenvalue weighted by molar-refractivity contribution is 0.396. The first-order valence-corrected chi connectivity index (χ1v) is 6.73. The predicted molar refractivity (Wildman–Crippen MR) is 75.3 cm³/mol. The molecule has 0 saturated heterocycles. The highest BCUT2D eigenvalue weighted by Crippen LogP contribution is 2.27. The van der Waals surface area contributed by atoms with Gasteiger partial charge in [0, 0.05) is 6.04 Å². The van der Waals surface area contributed by atoms with Crippen LogP contribution in [0.25, 0.3) is 0 Å². The van der Waals surface area contributed by atoms with Gasteiger partial charge in [-0.05, 0) is 30.4 Å². The number of benzene rings is 1. The Morgan fingerprint density at radius 2 is 2.06 bits per heavy atom. The summed E-state index contributed by atoms with van der Waals surface area (Å²) in [6.07, 6.45) is 3.00. The van der Waals surface area contributed by atoms with Crippen molar-refractivity contribution in [1.29, 1.82) is 0 Å². The van der Waals surface area contributed by atoms with Crippen LogP contribution in [0.1, 0.15) is 32.3 Å². The summed E-state index contributed by atoms with van der Waals surface area (Å²) >= 11 is 12.2. The molecule has 0 saturated carbocycles. The summed E-state index contributed by atoms with van der Waals surface area (Å²) < 4.78 is 0. The minimum Gasteiger partial charge on any atom is -0.271 e. The molecule has 0 spiro atoms. The van der Waals surface area contributed by atoms with Gasteiger partial charge in [0.1, 0.15) is 0 Å². The third-order valence-corrected chi connectivity index (χ3v) is 3.98. The first-order valence-electron chi connectivity index (χ1n) is 5.97. The molecule has 0 aromatic heterocycles. The molecule has 2 unspecified atom stereocenters. The van der Waals surface area contributed by atoms with Crippen LogP contribution in [0.2, 0.25) is 10.0 Å². The minimum atomic E-state index is 0.237. The van der Waals surface area contributed by atoms with Gasteiger partial charge in [0.25, 0.3) is 0 Å². The molecule has 2 atom stereocenters. The number of hydrogen-bond donors (Lipinski definition) is 2. The highest BCUT2D eigenvalue weighted by molar-refractivity contribution is 6.42. The first kappa shape index (κ1) is 14.8. The third-order valence-electron chi connectivity index (χ3n) is 3.12. The lowest BCUT2D eigenvalue weighted by Crippen LogP contribution is -2.38. The molecular weight excluding hydrogens is 255 g/mol. The van der Waals surface area contributed by atoms with Crippen molar-refractivity contribution >= 4 is 23.2 Å². The van der Waals surface area contributed by atoms with Gasteiger partial charge in [-0.2, -0.15) is 0 Å². The van der Waals surface area contributed by atoms with Crippen molar-refractivity contribution in [2.45, 2.75) is 39.2 Å². The molecule has 0 radical (unpaired) electrons. The fourth-order valence-electron chi connectivity index (χ4n) is 1.83. The molecule has 96 valence electrons. The van der Waals surface area contributed by atoms with Gasteiger partial charge in [-0.15, -0.1) is 0 Å². The summed E-state index contributed by atoms with van der Waals surface area (Å²) in [5, 5.41) is 1.24. The Morgan fingerprint density at radius 3 is 2.65 bits per heavy atom. The Bertz CT molecular complexity index is 355. The Balaban J connectivity index is 2.70. The van der Waals surface area contributed by atoms with E-state index in [0.29, 0.717) is 16.0 Å². The van der Waals surface area contributed by atoms with Crippen molar-refractivity contribution in [3.05, 3.63) is 33.8 Å². The van der Waals surface area contributed by atoms with Crippen LogP contribution < -0.4 is 11.3 Å². The number of halogens is 2. The van der Waals surface area contributed by atoms with Crippen molar-refractivity contribution in [2.24, 2.45) is 11.8 Å². The van der Waals surface area contributed by atoms with Gasteiger partial charge < -0.3 is 0 Å². The zero-order chi connectivity index (χ0) is 12.8. The highest BCUT2D eigenvalue weighted by Gasteiger charge is 2.14. The molecule has 4 heteroatoms. The Kier molecular flexibility index (Phi) is 6.28. The lowest BCUT2D eigenvalue weighted by Gasteiger charge is -2.20. The molecule has 0 fully saturated rings. The van der Waals surface area contributed by atoms with Crippen molar-refractivity contribution < 1.29 is 0 Å². The topological polar surface area (TPSA) is 38.0 Å². The van der Waals surface area contributed by atoms with Crippen LogP contribution in [-0.4, -0.2) is 6.04 Å². The van der Waals surface area contributed by atoms with Crippen LogP contribution >= 0.6 is 23.2 Å². The van der Waals surface area contributed by atoms with Crippen LogP contribution in [0, 0.1) is 5.92 Å². The molecule has 0 heterocycles. The molecule has 0 amide bonds. The molecule has 1 aromatic rings. The van der Waals surface area contributed by atoms with Crippen molar-refractivity contribution in [2.75, 3.05) is 0 Å². The zero-order valence-electron chi connectivity index (χ0n) is 10.3. The molecule has 0 bridgehead atoms. The van der Waals surface area contributed by atoms with Crippen LogP contribution in [-0.2, 0) is 6.42 Å². The summed E-state index contributed by atoms with van der Waals surface area (Å²) in [6, 6.07) is 5.95. The van der Waals surface area contributed by atoms with Crippen LogP contribution in [0.5, 0.6) is 0 Å². The Hall–Kier alpha value is -0.280. The maximum atomic E-state index is 6.16. The molecule has 0 aliphatic heterocycles. The van der Waals surface area contributed by atoms with E-state index in [1.165, 1.54) is 0 Å². The average Bonchev–Trinajstić information content (AvgIpc) is 2.33. The second kappa shape index (κ2) is 7.22. The Morgan fingerprint density at radius 1 is 1.35 bits per heavy atom. The molecule has 17 heavy (non-hydrogen) atoms. The Labute approximate surface area is 113 Å². The number of rotatable bonds is 6. The van der Waals surface area contributed by atoms with Crippen molar-refractivity contribution in [3.63, 3.8) is 0 Å². The second-order valence-corrected chi connectivity index (χ2v) is 5.31. The summed E-state index contributed by atoms with van der Waals surface area (Å²) in [5.41, 5.74) is 3.91. The van der Waals surface area contributed by atoms with Gasteiger partial charge in [-0.1, -0.05) is 55.6 Å². The first-order chi connectivity index (χ1) is 8.08. The molecule has 2 nitrogen and oxygen atoms in total. The van der Waals surface area contributed by atoms with Crippen molar-refractivity contribution in [1.82, 2.24) is 5.43 Å². The minimum absolute atomic E-state index is 0.237. The largest absolute Gasteiger partial charge is 0.271 e. The fourth-order valence-corrected chi connectivity index (χ4v) is 2.23. The molecule has 0 aliphatic rings. The maximum absolute atomic E-state index is 6.16. The smallest absolute Gasteiger partial charge is 0.0624 e. The average molecular weight is 275 g/mol. The quantitative estimate of drug-likeness (QED) is 0.612. The number of nitrogens with one attached hydrogen (secondary N) is 1. The van der Waals surface area contributed by atoms with Gasteiger partial charge in [-0.3, -0.25) is 11.3 Å². The van der Waals surface area contributed by atoms with Gasteiger partial charge in [0.2, 0.25) is 0 Å². The fraction of sp³-hybridized carbons (Fsp3) is 0.538. The molecule has 1 rings (SSSR count). The predicted octanol–water partition coefficient (Wildman–Crippen LogP) is 3.80. The summed E-state index contributed by atoms with van der Waals surface area (Å²) in [7, 11) is 0. The normalized spacial score (nSPS) is 14.6. The van der Waals surface area contributed by atoms with Crippen LogP contribution in [0.15, 0.2) is 18.2 Å². The van der Waals surface area contributed by atoms with E-state index in [-0.39, 0.29) is 6.04 Å². The number of hydrogen-bond acceptors (Lipinski definition) is 2. The van der Waals surface area contributed by atoms with E-state index in [1.807, 2.05) is 12.1 Å². The van der Waals surface area contributed by atoms with E-state index < -0.39 is 0 Å². The summed E-state index contributed by atoms with van der Waals surface area (Å²) in [5.74, 6) is 6.23. The number of nitrogens with two attached hydrogens (primary N) is 1. The van der Waals surface area contributed by atoms with Gasteiger partial charge in [0.15, 0.2) is 0 Å². The van der Waals surface area contributed by atoms with E-state index in [9.17, 15) is 0 Å². The molecule has 1 aromatic carbocycles. The monoisotopic (exact) mass is 274 g/mol. The van der Waals surface area contributed by atoms with E-state index >= 15 is 0 Å². The second-order valence-electron chi connectivity index (χ2n) is 4.53. The van der Waals surface area contributed by atoms with Crippen LogP contribution in [0.3, 0.4) is 0 Å². The van der Waals surface area contributed by atoms with E-state index in [0.717, 1.165) is 24.8 Å². The molecule has 3 N–H and O–H groups in total. The SMILES string of the molecule is CCC(C)CC(Cc1cccc(Cl)c1Cl)NN. The van der Waals surface area contributed by atoms with Crippen molar-refractivity contribution in [3.8, 4) is 0 Å². The van der Waals surface area contributed by atoms with Gasteiger partial charge >= 0.3 is 0 Å². The standard InChI is InChI=1S/C13H20Cl2N2/c1-3-9(2)7-11(17-16)8-10-5-4-6-12(14)13(10)15/h4-6,9,11,17H,3,7-8,16H2,1-2H3. The third kappa shape index (κ3) is 4.47. The van der Waals surface area contributed by atoms with Crippen LogP contribution in [0.4, 0.5) is 0 Å². The summed E-state index contributed by atoms with van der Waals surface area (Å²) in [6.45, 7) is 4.41. The molecule has 0 aliphatic carbocycles. The zero-order valence-corrected chi connectivity index (χ0v) is 11.9. The lowest BCUT2D eigenvalue weighted by atomic mass is 9.95. The van der Waals surface area contributed by atoms with Gasteiger partial charge in [-0.25, -0.2) is 0 Å². The maximum Gasteiger partial charge on any atom is 0.0624 e. The highest BCUT2D eigenvalue weighted by atomic mass is 35.5. The van der Waals surface area contributed by atoms with Gasteiger partial charge in [0.05, 0.1) is 10.0 Å². The van der Waals surface area contributed by atoms with E-state index in [4.69, 9.17) is 29.0 Å². The summed E-state index contributed by atoms with van der Waals surface area (Å²) in [4.78, 5) is 0. The number of hydrazine groups is 1. The van der Waals surface area contributed by atoms with E-state index in [1.54, 1.807) is 6.07 Å². The molecular formula is C13H20Cl2N2.